The van der Waals surface area contributed by atoms with Crippen LogP contribution in [0.15, 0.2) is 42.6 Å². The number of aliphatic hydroxyl groups is 1. The molecule has 1 saturated heterocycles. The first-order valence-electron chi connectivity index (χ1n) is 7.70. The first kappa shape index (κ1) is 15.4. The van der Waals surface area contributed by atoms with Crippen LogP contribution < -0.4 is 0 Å². The average Bonchev–Trinajstić information content (AvgIpc) is 3.11. The fourth-order valence-electron chi connectivity index (χ4n) is 2.92. The molecule has 120 valence electrons. The van der Waals surface area contributed by atoms with E-state index in [0.29, 0.717) is 18.7 Å². The van der Waals surface area contributed by atoms with E-state index in [0.717, 1.165) is 17.6 Å². The zero-order valence-corrected chi connectivity index (χ0v) is 13.1. The molecule has 1 aliphatic heterocycles. The molecule has 0 bridgehead atoms. The lowest BCUT2D eigenvalue weighted by atomic mass is 9.90. The molecule has 0 radical (unpaired) electrons. The first-order valence-corrected chi connectivity index (χ1v) is 7.70. The third-order valence-electron chi connectivity index (χ3n) is 4.24. The van der Waals surface area contributed by atoms with Crippen LogP contribution in [0.4, 0.5) is 0 Å². The van der Waals surface area contributed by atoms with Crippen LogP contribution in [0, 0.1) is 0 Å². The van der Waals surface area contributed by atoms with Gasteiger partial charge >= 0.3 is 0 Å². The van der Waals surface area contributed by atoms with Gasteiger partial charge in [-0.2, -0.15) is 15.4 Å². The Morgan fingerprint density at radius 3 is 2.87 bits per heavy atom. The van der Waals surface area contributed by atoms with Crippen molar-refractivity contribution < 1.29 is 9.90 Å². The quantitative estimate of drug-likeness (QED) is 0.846. The van der Waals surface area contributed by atoms with Gasteiger partial charge in [0.2, 0.25) is 5.91 Å². The van der Waals surface area contributed by atoms with E-state index in [1.807, 2.05) is 37.3 Å². The third kappa shape index (κ3) is 3.32. The molecule has 0 aliphatic carbocycles. The Bertz CT molecular complexity index is 697. The topological polar surface area (TPSA) is 82.1 Å². The van der Waals surface area contributed by atoms with Gasteiger partial charge in [-0.3, -0.25) is 4.79 Å². The number of amides is 1. The molecule has 6 heteroatoms. The van der Waals surface area contributed by atoms with Crippen molar-refractivity contribution in [1.29, 1.82) is 0 Å². The number of carbonyl (C=O) groups is 1. The summed E-state index contributed by atoms with van der Waals surface area (Å²) < 4.78 is 0. The lowest BCUT2D eigenvalue weighted by Crippen LogP contribution is -2.48. The van der Waals surface area contributed by atoms with Gasteiger partial charge in [0.1, 0.15) is 11.3 Å². The second-order valence-electron chi connectivity index (χ2n) is 5.94. The van der Waals surface area contributed by atoms with Gasteiger partial charge in [-0.05, 0) is 30.9 Å². The fraction of sp³-hybridized carbons (Fsp3) is 0.353. The van der Waals surface area contributed by atoms with Crippen molar-refractivity contribution in [2.24, 2.45) is 0 Å². The maximum atomic E-state index is 12.5. The summed E-state index contributed by atoms with van der Waals surface area (Å²) in [6.45, 7) is 2.79. The normalized spacial score (nSPS) is 22.2. The summed E-state index contributed by atoms with van der Waals surface area (Å²) in [6.07, 6.45) is 4.45. The summed E-state index contributed by atoms with van der Waals surface area (Å²) in [5, 5.41) is 21.0. The lowest BCUT2D eigenvalue weighted by Gasteiger charge is -2.37. The molecule has 23 heavy (non-hydrogen) atoms. The monoisotopic (exact) mass is 312 g/mol. The van der Waals surface area contributed by atoms with Crippen LogP contribution in [0.3, 0.4) is 0 Å². The smallest absolute Gasteiger partial charge is 0.246 e. The highest BCUT2D eigenvalue weighted by Crippen LogP contribution is 2.30. The molecule has 1 aromatic heterocycles. The summed E-state index contributed by atoms with van der Waals surface area (Å²) in [6, 6.07) is 9.78. The highest BCUT2D eigenvalue weighted by Gasteiger charge is 2.38. The molecule has 1 atom stereocenters. The molecule has 1 amide bonds. The van der Waals surface area contributed by atoms with Crippen LogP contribution in [-0.2, 0) is 10.4 Å². The van der Waals surface area contributed by atoms with Crippen LogP contribution in [0.25, 0.3) is 5.57 Å². The minimum atomic E-state index is -1.13. The predicted molar refractivity (Wildman–Crippen MR) is 86.2 cm³/mol. The Morgan fingerprint density at radius 2 is 2.17 bits per heavy atom. The van der Waals surface area contributed by atoms with Crippen LogP contribution >= 0.6 is 0 Å². The second-order valence-corrected chi connectivity index (χ2v) is 5.94. The first-order chi connectivity index (χ1) is 11.1. The molecule has 1 aliphatic rings. The second kappa shape index (κ2) is 6.34. The maximum Gasteiger partial charge on any atom is 0.246 e. The summed E-state index contributed by atoms with van der Waals surface area (Å²) >= 11 is 0. The van der Waals surface area contributed by atoms with Crippen LogP contribution in [0.2, 0.25) is 0 Å². The maximum absolute atomic E-state index is 12.5. The fourth-order valence-corrected chi connectivity index (χ4v) is 2.92. The minimum Gasteiger partial charge on any atom is -0.382 e. The van der Waals surface area contributed by atoms with Gasteiger partial charge in [-0.15, -0.1) is 0 Å². The average molecular weight is 312 g/mol. The summed E-state index contributed by atoms with van der Waals surface area (Å²) in [7, 11) is 0. The van der Waals surface area contributed by atoms with Crippen molar-refractivity contribution in [2.75, 3.05) is 13.1 Å². The summed E-state index contributed by atoms with van der Waals surface area (Å²) in [4.78, 5) is 14.2. The van der Waals surface area contributed by atoms with Gasteiger partial charge in [-0.1, -0.05) is 30.3 Å². The summed E-state index contributed by atoms with van der Waals surface area (Å²) in [5.74, 6) is -0.0898. The van der Waals surface area contributed by atoms with E-state index in [1.165, 1.54) is 6.20 Å². The van der Waals surface area contributed by atoms with Crippen molar-refractivity contribution in [2.45, 2.75) is 25.4 Å². The number of aromatic nitrogens is 3. The molecule has 3 rings (SSSR count). The van der Waals surface area contributed by atoms with E-state index in [1.54, 1.807) is 11.0 Å². The van der Waals surface area contributed by atoms with E-state index in [-0.39, 0.29) is 12.5 Å². The molecule has 1 fully saturated rings. The highest BCUT2D eigenvalue weighted by molar-refractivity contribution is 5.95. The number of nitrogens with one attached hydrogen (secondary N) is 1. The van der Waals surface area contributed by atoms with Gasteiger partial charge in [-0.25, -0.2) is 0 Å². The number of piperidine rings is 1. The number of aromatic amines is 1. The Morgan fingerprint density at radius 1 is 1.39 bits per heavy atom. The van der Waals surface area contributed by atoms with Crippen molar-refractivity contribution in [3.05, 3.63) is 53.9 Å². The Hall–Kier alpha value is -2.47. The molecule has 1 unspecified atom stereocenters. The van der Waals surface area contributed by atoms with Crippen molar-refractivity contribution in [1.82, 2.24) is 20.3 Å². The predicted octanol–water partition coefficient (Wildman–Crippen LogP) is 1.72. The number of likely N-dealkylation sites (tertiary alicyclic amines) is 1. The molecular formula is C17H20N4O2. The van der Waals surface area contributed by atoms with Gasteiger partial charge < -0.3 is 10.0 Å². The van der Waals surface area contributed by atoms with E-state index < -0.39 is 5.60 Å². The van der Waals surface area contributed by atoms with Gasteiger partial charge in [0.25, 0.3) is 0 Å². The van der Waals surface area contributed by atoms with Crippen LogP contribution in [-0.4, -0.2) is 44.4 Å². The third-order valence-corrected chi connectivity index (χ3v) is 4.24. The van der Waals surface area contributed by atoms with Crippen molar-refractivity contribution in [3.8, 4) is 0 Å². The molecule has 2 heterocycles. The van der Waals surface area contributed by atoms with E-state index >= 15 is 0 Å². The largest absolute Gasteiger partial charge is 0.382 e. The number of benzene rings is 1. The van der Waals surface area contributed by atoms with E-state index in [4.69, 9.17) is 0 Å². The zero-order chi connectivity index (χ0) is 16.3. The number of rotatable bonds is 3. The Kier molecular flexibility index (Phi) is 4.25. The number of allylic oxidation sites excluding steroid dienone is 1. The van der Waals surface area contributed by atoms with Gasteiger partial charge in [0.05, 0.1) is 12.7 Å². The number of H-pyrrole nitrogens is 1. The lowest BCUT2D eigenvalue weighted by molar-refractivity contribution is -0.133. The van der Waals surface area contributed by atoms with Crippen LogP contribution in [0.1, 0.15) is 31.0 Å². The molecule has 6 nitrogen and oxygen atoms in total. The standard InChI is InChI=1S/C17H20N4O2/c1-13(14-6-3-2-4-7-14)10-16(22)21-9-5-8-17(23,12-21)15-11-18-20-19-15/h2-4,6-7,10-11,23H,5,8-9,12H2,1H3,(H,18,19,20)/b13-10+. The number of carbonyl (C=O) groups excluding carboxylic acids is 1. The zero-order valence-electron chi connectivity index (χ0n) is 13.1. The van der Waals surface area contributed by atoms with E-state index in [2.05, 4.69) is 15.4 Å². The molecular weight excluding hydrogens is 292 g/mol. The molecule has 1 aromatic carbocycles. The molecule has 2 N–H and O–H groups in total. The molecule has 0 saturated carbocycles. The Labute approximate surface area is 134 Å². The van der Waals surface area contributed by atoms with Crippen molar-refractivity contribution in [3.63, 3.8) is 0 Å². The number of β-amino-alcohol motifs (C(OH)–C–C–N with tert-alkyl or cyclic N) is 1. The number of nitrogens with zero attached hydrogens (tertiary/aromatic N) is 3. The number of hydrogen-bond donors (Lipinski definition) is 2. The number of hydrogen-bond acceptors (Lipinski definition) is 4. The van der Waals surface area contributed by atoms with Gasteiger partial charge in [0, 0.05) is 12.6 Å². The SMILES string of the molecule is C/C(=C\C(=O)N1CCCC(O)(c2cn[nH]n2)C1)c1ccccc1. The van der Waals surface area contributed by atoms with Crippen LogP contribution in [0.5, 0.6) is 0 Å². The van der Waals surface area contributed by atoms with Gasteiger partial charge in [0.15, 0.2) is 0 Å². The van der Waals surface area contributed by atoms with E-state index in [9.17, 15) is 9.90 Å². The summed E-state index contributed by atoms with van der Waals surface area (Å²) in [5.41, 5.74) is 1.28. The van der Waals surface area contributed by atoms with Crippen molar-refractivity contribution >= 4 is 11.5 Å². The minimum absolute atomic E-state index is 0.0898. The molecule has 2 aromatic rings. The Balaban J connectivity index is 1.75. The highest BCUT2D eigenvalue weighted by atomic mass is 16.3. The molecule has 0 spiro atoms.